The molecule has 24 heavy (non-hydrogen) atoms. The lowest BCUT2D eigenvalue weighted by Gasteiger charge is -2.09. The van der Waals surface area contributed by atoms with E-state index in [4.69, 9.17) is 9.84 Å². The van der Waals surface area contributed by atoms with Crippen molar-refractivity contribution in [2.75, 3.05) is 6.61 Å². The molecule has 0 aliphatic heterocycles. The lowest BCUT2D eigenvalue weighted by atomic mass is 10.1. The van der Waals surface area contributed by atoms with Crippen molar-refractivity contribution in [3.63, 3.8) is 0 Å². The zero-order chi connectivity index (χ0) is 16.5. The summed E-state index contributed by atoms with van der Waals surface area (Å²) in [6.07, 6.45) is 0.879. The van der Waals surface area contributed by atoms with Gasteiger partial charge < -0.3 is 9.84 Å². The molecule has 1 aliphatic rings. The van der Waals surface area contributed by atoms with Crippen LogP contribution in [0.15, 0.2) is 48.5 Å². The molecule has 1 aliphatic carbocycles. The molecule has 4 heteroatoms. The maximum absolute atomic E-state index is 9.14. The lowest BCUT2D eigenvalue weighted by molar-refractivity contribution is 0.268. The number of ether oxygens (including phenoxy) is 1. The monoisotopic (exact) mass is 320 g/mol. The van der Waals surface area contributed by atoms with E-state index in [-0.39, 0.29) is 6.61 Å². The fourth-order valence-electron chi connectivity index (χ4n) is 3.29. The summed E-state index contributed by atoms with van der Waals surface area (Å²) in [7, 11) is 0. The maximum atomic E-state index is 9.14. The molecule has 0 spiro atoms. The first-order valence-electron chi connectivity index (χ1n) is 8.23. The molecule has 1 aromatic heterocycles. The average Bonchev–Trinajstić information content (AvgIpc) is 3.11. The Kier molecular flexibility index (Phi) is 3.82. The van der Waals surface area contributed by atoms with Gasteiger partial charge in [-0.15, -0.1) is 0 Å². The van der Waals surface area contributed by atoms with Gasteiger partial charge in [-0.2, -0.15) is 5.10 Å². The van der Waals surface area contributed by atoms with Crippen LogP contribution in [0.5, 0.6) is 5.75 Å². The predicted octanol–water partition coefficient (Wildman–Crippen LogP) is 3.33. The van der Waals surface area contributed by atoms with E-state index in [0.717, 1.165) is 29.1 Å². The molecule has 0 saturated carbocycles. The smallest absolute Gasteiger partial charge is 0.120 e. The maximum Gasteiger partial charge on any atom is 0.120 e. The minimum Gasteiger partial charge on any atom is -0.489 e. The number of aliphatic hydroxyl groups excluding tert-OH is 1. The highest BCUT2D eigenvalue weighted by Gasteiger charge is 2.25. The van der Waals surface area contributed by atoms with Gasteiger partial charge in [0.1, 0.15) is 12.4 Å². The molecule has 0 amide bonds. The van der Waals surface area contributed by atoms with E-state index in [1.54, 1.807) is 0 Å². The Hall–Kier alpha value is -2.59. The van der Waals surface area contributed by atoms with Crippen molar-refractivity contribution in [2.24, 2.45) is 0 Å². The molecule has 0 atom stereocenters. The Balaban J connectivity index is 1.55. The minimum absolute atomic E-state index is 0.112. The Morgan fingerprint density at radius 3 is 2.79 bits per heavy atom. The van der Waals surface area contributed by atoms with E-state index in [9.17, 15) is 0 Å². The van der Waals surface area contributed by atoms with E-state index in [1.165, 1.54) is 16.7 Å². The highest BCUT2D eigenvalue weighted by atomic mass is 16.5. The number of hydrogen-bond donors (Lipinski definition) is 1. The molecule has 0 saturated heterocycles. The van der Waals surface area contributed by atoms with Crippen molar-refractivity contribution in [3.05, 3.63) is 70.9 Å². The van der Waals surface area contributed by atoms with Crippen LogP contribution in [0.3, 0.4) is 0 Å². The normalized spacial score (nSPS) is 12.1. The van der Waals surface area contributed by atoms with E-state index < -0.39 is 0 Å². The molecular formula is C20H20N2O2. The van der Waals surface area contributed by atoms with Gasteiger partial charge in [0.2, 0.25) is 0 Å². The Morgan fingerprint density at radius 1 is 1.17 bits per heavy atom. The number of rotatable bonds is 5. The molecule has 4 nitrogen and oxygen atoms in total. The fraction of sp³-hybridized carbons (Fsp3) is 0.250. The molecule has 0 radical (unpaired) electrons. The van der Waals surface area contributed by atoms with Crippen LogP contribution in [0.4, 0.5) is 0 Å². The third-order valence-electron chi connectivity index (χ3n) is 4.59. The summed E-state index contributed by atoms with van der Waals surface area (Å²) in [5.74, 6) is 0.892. The Labute approximate surface area is 141 Å². The molecule has 2 aromatic carbocycles. The van der Waals surface area contributed by atoms with E-state index in [1.807, 2.05) is 28.9 Å². The molecule has 0 unspecified atom stereocenters. The molecule has 1 N–H and O–H groups in total. The van der Waals surface area contributed by atoms with Crippen LogP contribution in [0.1, 0.15) is 22.4 Å². The highest BCUT2D eigenvalue weighted by molar-refractivity contribution is 5.75. The largest absolute Gasteiger partial charge is 0.489 e. The number of nitrogens with zero attached hydrogens (tertiary/aromatic N) is 2. The zero-order valence-electron chi connectivity index (χ0n) is 13.7. The molecule has 0 fully saturated rings. The van der Waals surface area contributed by atoms with E-state index in [2.05, 4.69) is 36.3 Å². The van der Waals surface area contributed by atoms with Gasteiger partial charge in [-0.05, 0) is 36.2 Å². The second-order valence-corrected chi connectivity index (χ2v) is 6.13. The summed E-state index contributed by atoms with van der Waals surface area (Å²) < 4.78 is 7.82. The number of aromatic nitrogens is 2. The van der Waals surface area contributed by atoms with Crippen LogP contribution in [-0.2, 0) is 19.6 Å². The quantitative estimate of drug-likeness (QED) is 0.613. The van der Waals surface area contributed by atoms with Gasteiger partial charge in [0.05, 0.1) is 18.8 Å². The number of benzene rings is 2. The molecular weight excluding hydrogens is 300 g/mol. The Morgan fingerprint density at radius 2 is 2.00 bits per heavy atom. The van der Waals surface area contributed by atoms with Gasteiger partial charge in [-0.25, -0.2) is 0 Å². The molecule has 0 bridgehead atoms. The van der Waals surface area contributed by atoms with Crippen molar-refractivity contribution in [1.29, 1.82) is 0 Å². The summed E-state index contributed by atoms with van der Waals surface area (Å²) in [5, 5.41) is 13.8. The Bertz CT molecular complexity index is 869. The van der Waals surface area contributed by atoms with Crippen LogP contribution >= 0.6 is 0 Å². The minimum atomic E-state index is 0.112. The van der Waals surface area contributed by atoms with Crippen molar-refractivity contribution >= 4 is 0 Å². The SMILES string of the molecule is Cc1c2c(nn1CCO)-c1ccc(OCc3ccccc3)cc1C2. The molecule has 1 heterocycles. The third-order valence-corrected chi connectivity index (χ3v) is 4.59. The van der Waals surface area contributed by atoms with E-state index >= 15 is 0 Å². The number of hydrogen-bond acceptors (Lipinski definition) is 3. The first-order chi connectivity index (χ1) is 11.8. The number of aliphatic hydroxyl groups is 1. The topological polar surface area (TPSA) is 47.3 Å². The van der Waals surface area contributed by atoms with E-state index in [0.29, 0.717) is 13.2 Å². The summed E-state index contributed by atoms with van der Waals surface area (Å²) in [6.45, 7) is 3.31. The summed E-state index contributed by atoms with van der Waals surface area (Å²) in [5.41, 5.74) is 7.05. The molecule has 3 aromatic rings. The number of fused-ring (bicyclic) bond motifs is 3. The summed E-state index contributed by atoms with van der Waals surface area (Å²) >= 11 is 0. The van der Waals surface area contributed by atoms with Gasteiger partial charge in [-0.3, -0.25) is 4.68 Å². The second kappa shape index (κ2) is 6.13. The lowest BCUT2D eigenvalue weighted by Crippen LogP contribution is -2.06. The van der Waals surface area contributed by atoms with Crippen LogP contribution in [0.25, 0.3) is 11.3 Å². The van der Waals surface area contributed by atoms with Gasteiger partial charge in [0, 0.05) is 23.2 Å². The van der Waals surface area contributed by atoms with Crippen LogP contribution in [0, 0.1) is 6.92 Å². The van der Waals surface area contributed by atoms with Crippen LogP contribution < -0.4 is 4.74 Å². The third kappa shape index (κ3) is 2.59. The summed E-state index contributed by atoms with van der Waals surface area (Å²) in [4.78, 5) is 0. The zero-order valence-corrected chi connectivity index (χ0v) is 13.7. The van der Waals surface area contributed by atoms with Crippen molar-refractivity contribution < 1.29 is 9.84 Å². The van der Waals surface area contributed by atoms with Crippen LogP contribution in [0.2, 0.25) is 0 Å². The molecule has 4 rings (SSSR count). The second-order valence-electron chi connectivity index (χ2n) is 6.13. The van der Waals surface area contributed by atoms with Gasteiger partial charge in [0.25, 0.3) is 0 Å². The molecule has 122 valence electrons. The average molecular weight is 320 g/mol. The van der Waals surface area contributed by atoms with Gasteiger partial charge in [0.15, 0.2) is 0 Å². The first kappa shape index (κ1) is 15.0. The first-order valence-corrected chi connectivity index (χ1v) is 8.23. The fourth-order valence-corrected chi connectivity index (χ4v) is 3.29. The van der Waals surface area contributed by atoms with Gasteiger partial charge in [-0.1, -0.05) is 30.3 Å². The standard InChI is InChI=1S/C20H20N2O2/c1-14-19-12-16-11-17(24-13-15-5-3-2-4-6-15)7-8-18(16)20(19)21-22(14)9-10-23/h2-8,11,23H,9-10,12-13H2,1H3. The predicted molar refractivity (Wildman–Crippen MR) is 93.1 cm³/mol. The van der Waals surface area contributed by atoms with Gasteiger partial charge >= 0.3 is 0 Å². The van der Waals surface area contributed by atoms with Crippen molar-refractivity contribution in [2.45, 2.75) is 26.5 Å². The van der Waals surface area contributed by atoms with Crippen molar-refractivity contribution in [3.8, 4) is 17.0 Å². The highest BCUT2D eigenvalue weighted by Crippen LogP contribution is 2.39. The summed E-state index contributed by atoms with van der Waals surface area (Å²) in [6, 6.07) is 16.4. The van der Waals surface area contributed by atoms with Crippen molar-refractivity contribution in [1.82, 2.24) is 9.78 Å². The van der Waals surface area contributed by atoms with Crippen LogP contribution in [-0.4, -0.2) is 21.5 Å².